The van der Waals surface area contributed by atoms with Gasteiger partial charge in [0.1, 0.15) is 97.6 Å². The second-order valence-electron chi connectivity index (χ2n) is 16.1. The average Bonchev–Trinajstić information content (AvgIpc) is 3.22. The first-order valence-corrected chi connectivity index (χ1v) is 20.5. The van der Waals surface area contributed by atoms with Crippen molar-refractivity contribution in [3.05, 3.63) is 0 Å². The number of aliphatic hydroxyl groups excluding tert-OH is 11. The van der Waals surface area contributed by atoms with Crippen LogP contribution in [0.4, 0.5) is 0 Å². The Morgan fingerprint density at radius 1 is 0.500 bits per heavy atom. The standard InChI is InChI=1S/C37H63NO24/c1-7-8-52-36-31(29(20(44)12(3)54-36)61-35-27(51)25(49)22(46)16(9-39)58-35)62-33-18(38-14(5)41)28(23(47)17(10-40)57-33)59-37-32(56-15(6)42)30(21(45)13(4)55-37)60-34-26(50)24(48)19(43)11(2)53-34/h11-13,16-37,39-40,43-51H,7-10H2,1-6H3,(H,38,41)/t11?,12?,13?,16-,17?,18-,19-,20-,21-,22+,23+,24?,25?,26-,27?,28?,29?,30?,31-,32-,33-,34-,35+,36+,37-/m0/s1. The summed E-state index contributed by atoms with van der Waals surface area (Å²) in [6.07, 6.45) is -38.2. The third-order valence-corrected chi connectivity index (χ3v) is 11.4. The van der Waals surface area contributed by atoms with Crippen LogP contribution in [0.5, 0.6) is 0 Å². The molecule has 0 aromatic heterocycles. The van der Waals surface area contributed by atoms with Gasteiger partial charge in [-0.25, -0.2) is 0 Å². The minimum Gasteiger partial charge on any atom is -0.454 e. The number of aliphatic hydroxyl groups is 11. The number of rotatable bonds is 15. The largest absolute Gasteiger partial charge is 0.454 e. The van der Waals surface area contributed by atoms with Crippen molar-refractivity contribution in [1.29, 1.82) is 0 Å². The van der Waals surface area contributed by atoms with Crippen LogP contribution < -0.4 is 5.32 Å². The van der Waals surface area contributed by atoms with Crippen molar-refractivity contribution >= 4 is 11.9 Å². The number of ether oxygens (including phenoxy) is 11. The van der Waals surface area contributed by atoms with Crippen LogP contribution in [0.1, 0.15) is 48.0 Å². The second-order valence-corrected chi connectivity index (χ2v) is 16.1. The van der Waals surface area contributed by atoms with Gasteiger partial charge in [0.15, 0.2) is 37.6 Å². The lowest BCUT2D eigenvalue weighted by Gasteiger charge is -2.51. The Hall–Kier alpha value is -1.90. The lowest BCUT2D eigenvalue weighted by atomic mass is 9.94. The van der Waals surface area contributed by atoms with E-state index >= 15 is 0 Å². The Kier molecular flexibility index (Phi) is 18.2. The van der Waals surface area contributed by atoms with Crippen LogP contribution in [-0.2, 0) is 61.7 Å². The highest BCUT2D eigenvalue weighted by molar-refractivity contribution is 5.73. The molecular formula is C37H63NO24. The number of nitrogens with one attached hydrogen (secondary N) is 1. The quantitative estimate of drug-likeness (QED) is 0.0680. The zero-order valence-corrected chi connectivity index (χ0v) is 35.0. The van der Waals surface area contributed by atoms with Crippen molar-refractivity contribution in [3.8, 4) is 0 Å². The molecule has 5 heterocycles. The molecule has 0 spiro atoms. The summed E-state index contributed by atoms with van der Waals surface area (Å²) in [5, 5.41) is 120. The number of hydrogen-bond donors (Lipinski definition) is 12. The van der Waals surface area contributed by atoms with Gasteiger partial charge in [0.05, 0.1) is 31.5 Å². The van der Waals surface area contributed by atoms with Crippen molar-refractivity contribution in [2.45, 2.75) is 201 Å². The minimum absolute atomic E-state index is 0.0652. The summed E-state index contributed by atoms with van der Waals surface area (Å²) in [7, 11) is 0. The van der Waals surface area contributed by atoms with Gasteiger partial charge in [-0.15, -0.1) is 0 Å². The first kappa shape index (κ1) is 51.1. The fourth-order valence-electron chi connectivity index (χ4n) is 7.88. The van der Waals surface area contributed by atoms with E-state index in [0.717, 1.165) is 13.8 Å². The van der Waals surface area contributed by atoms with Crippen molar-refractivity contribution in [2.24, 2.45) is 0 Å². The van der Waals surface area contributed by atoms with Gasteiger partial charge in [-0.3, -0.25) is 9.59 Å². The molecule has 0 saturated carbocycles. The van der Waals surface area contributed by atoms with Crippen LogP contribution in [0.2, 0.25) is 0 Å². The number of carbonyl (C=O) groups excluding carboxylic acids is 2. The van der Waals surface area contributed by atoms with Crippen LogP contribution in [0.3, 0.4) is 0 Å². The number of esters is 1. The predicted octanol–water partition coefficient (Wildman–Crippen LogP) is -6.69. The van der Waals surface area contributed by atoms with Gasteiger partial charge in [-0.05, 0) is 27.2 Å². The van der Waals surface area contributed by atoms with E-state index in [-0.39, 0.29) is 6.61 Å². The molecule has 5 rings (SSSR count). The molecule has 25 heteroatoms. The minimum atomic E-state index is -1.92. The van der Waals surface area contributed by atoms with E-state index in [1.807, 2.05) is 0 Å². The topological polar surface area (TPSA) is 370 Å². The van der Waals surface area contributed by atoms with E-state index in [4.69, 9.17) is 52.1 Å². The second kappa shape index (κ2) is 22.1. The van der Waals surface area contributed by atoms with Gasteiger partial charge in [-0.1, -0.05) is 6.92 Å². The molecule has 0 bridgehead atoms. The molecule has 0 aromatic carbocycles. The Morgan fingerprint density at radius 2 is 0.952 bits per heavy atom. The highest BCUT2D eigenvalue weighted by atomic mass is 16.8. The van der Waals surface area contributed by atoms with Crippen molar-refractivity contribution < 1.29 is 118 Å². The molecule has 5 fully saturated rings. The lowest BCUT2D eigenvalue weighted by Crippen LogP contribution is -2.70. The van der Waals surface area contributed by atoms with Crippen molar-refractivity contribution in [1.82, 2.24) is 5.32 Å². The Balaban J connectivity index is 1.49. The highest BCUT2D eigenvalue weighted by Crippen LogP contribution is 2.37. The van der Waals surface area contributed by atoms with Crippen LogP contribution >= 0.6 is 0 Å². The summed E-state index contributed by atoms with van der Waals surface area (Å²) in [6, 6.07) is -1.59. The van der Waals surface area contributed by atoms with E-state index < -0.39 is 179 Å². The average molecular weight is 906 g/mol. The summed E-state index contributed by atoms with van der Waals surface area (Å²) in [6.45, 7) is 6.54. The number of amides is 1. The SMILES string of the molecule is CCCO[C@@H]1OC(C)[C@H](O)C(O[C@H]2O[C@@H](CO)[C@@H](O)C(O)C2O)[C@@H]1O[C@@H]1OC(CO)[C@@H](O)C(O[C@@H]2OC(C)[C@H](O)C(O[C@@H]3OC(C)[C@H](O)C(O)[C@@H]3O)[C@@H]2OC(C)=O)[C@@H]1NC(C)=O. The Morgan fingerprint density at radius 3 is 1.50 bits per heavy atom. The summed E-state index contributed by atoms with van der Waals surface area (Å²) in [4.78, 5) is 25.4. The fraction of sp³-hybridized carbons (Fsp3) is 0.946. The van der Waals surface area contributed by atoms with Crippen LogP contribution in [-0.4, -0.2) is 241 Å². The van der Waals surface area contributed by atoms with Gasteiger partial charge in [0.2, 0.25) is 5.91 Å². The maximum atomic E-state index is 12.8. The van der Waals surface area contributed by atoms with E-state index in [9.17, 15) is 65.8 Å². The summed E-state index contributed by atoms with van der Waals surface area (Å²) >= 11 is 0. The molecule has 5 aliphatic rings. The third-order valence-electron chi connectivity index (χ3n) is 11.4. The lowest BCUT2D eigenvalue weighted by molar-refractivity contribution is -0.391. The molecule has 62 heavy (non-hydrogen) atoms. The maximum Gasteiger partial charge on any atom is 0.303 e. The zero-order chi connectivity index (χ0) is 45.9. The first-order chi connectivity index (χ1) is 29.2. The van der Waals surface area contributed by atoms with Crippen LogP contribution in [0.25, 0.3) is 0 Å². The van der Waals surface area contributed by atoms with Gasteiger partial charge in [0.25, 0.3) is 0 Å². The molecule has 5 saturated heterocycles. The summed E-state index contributed by atoms with van der Waals surface area (Å²) < 4.78 is 65.1. The van der Waals surface area contributed by atoms with Gasteiger partial charge < -0.3 is 114 Å². The van der Waals surface area contributed by atoms with Gasteiger partial charge in [-0.2, -0.15) is 0 Å². The Bertz CT molecular complexity index is 1430. The monoisotopic (exact) mass is 905 g/mol. The molecule has 0 radical (unpaired) electrons. The molecule has 1 amide bonds. The number of hydrogen-bond acceptors (Lipinski definition) is 24. The molecule has 5 aliphatic heterocycles. The molecular weight excluding hydrogens is 842 g/mol. The van der Waals surface area contributed by atoms with E-state index in [1.165, 1.54) is 20.8 Å². The zero-order valence-electron chi connectivity index (χ0n) is 35.0. The van der Waals surface area contributed by atoms with Crippen molar-refractivity contribution in [2.75, 3.05) is 19.8 Å². The molecule has 10 unspecified atom stereocenters. The molecule has 0 aliphatic carbocycles. The highest BCUT2D eigenvalue weighted by Gasteiger charge is 2.57. The number of carbonyl (C=O) groups is 2. The molecule has 360 valence electrons. The van der Waals surface area contributed by atoms with E-state index in [1.54, 1.807) is 6.92 Å². The van der Waals surface area contributed by atoms with Crippen molar-refractivity contribution in [3.63, 3.8) is 0 Å². The summed E-state index contributed by atoms with van der Waals surface area (Å²) in [5.74, 6) is -1.67. The van der Waals surface area contributed by atoms with Crippen LogP contribution in [0, 0.1) is 0 Å². The smallest absolute Gasteiger partial charge is 0.303 e. The van der Waals surface area contributed by atoms with Gasteiger partial charge in [0, 0.05) is 20.5 Å². The predicted molar refractivity (Wildman–Crippen MR) is 197 cm³/mol. The van der Waals surface area contributed by atoms with Crippen LogP contribution in [0.15, 0.2) is 0 Å². The van der Waals surface area contributed by atoms with E-state index in [0.29, 0.717) is 6.42 Å². The Labute approximate surface area is 356 Å². The summed E-state index contributed by atoms with van der Waals surface area (Å²) in [5.41, 5.74) is 0. The first-order valence-electron chi connectivity index (χ1n) is 20.5. The third kappa shape index (κ3) is 11.2. The maximum absolute atomic E-state index is 12.8. The van der Waals surface area contributed by atoms with E-state index in [2.05, 4.69) is 5.32 Å². The normalized spacial score (nSPS) is 49.0. The molecule has 25 atom stereocenters. The molecule has 25 nitrogen and oxygen atoms in total. The molecule has 0 aromatic rings. The van der Waals surface area contributed by atoms with Gasteiger partial charge >= 0.3 is 5.97 Å². The fourth-order valence-corrected chi connectivity index (χ4v) is 7.88. The molecule has 12 N–H and O–H groups in total.